The van der Waals surface area contributed by atoms with Gasteiger partial charge in [-0.1, -0.05) is 41.9 Å². The lowest BCUT2D eigenvalue weighted by Gasteiger charge is -2.23. The molecule has 2 N–H and O–H groups in total. The number of aliphatic hydroxyl groups excluding tert-OH is 1. The fraction of sp³-hybridized carbons (Fsp3) is 0.235. The highest BCUT2D eigenvalue weighted by molar-refractivity contribution is 6.33. The first-order valence-electron chi connectivity index (χ1n) is 7.05. The van der Waals surface area contributed by atoms with Crippen LogP contribution in [0.4, 0.5) is 5.69 Å². The molecule has 0 aliphatic heterocycles. The van der Waals surface area contributed by atoms with Gasteiger partial charge in [0.1, 0.15) is 0 Å². The highest BCUT2D eigenvalue weighted by Gasteiger charge is 2.13. The van der Waals surface area contributed by atoms with Crippen molar-refractivity contribution in [1.29, 1.82) is 0 Å². The van der Waals surface area contributed by atoms with E-state index < -0.39 is 6.10 Å². The topological polar surface area (TPSA) is 52.6 Å². The molecule has 2 aromatic rings. The standard InChI is InChI=1S/C17H19ClN2O2/c1-20(13-7-3-2-4-8-13)12-14(21)11-19-17(22)15-9-5-6-10-16(15)18/h2-10,14,21H,11-12H2,1H3,(H,19,22)/t14-/m0/s1. The number of para-hydroxylation sites is 1. The van der Waals surface area contributed by atoms with Crippen LogP contribution in [0, 0.1) is 0 Å². The summed E-state index contributed by atoms with van der Waals surface area (Å²) in [5, 5.41) is 13.2. The van der Waals surface area contributed by atoms with E-state index >= 15 is 0 Å². The molecule has 0 saturated heterocycles. The fourth-order valence-electron chi connectivity index (χ4n) is 2.12. The van der Waals surface area contributed by atoms with E-state index in [2.05, 4.69) is 5.32 Å². The third kappa shape index (κ3) is 4.48. The van der Waals surface area contributed by atoms with E-state index in [1.165, 1.54) is 0 Å². The van der Waals surface area contributed by atoms with E-state index in [1.807, 2.05) is 42.3 Å². The summed E-state index contributed by atoms with van der Waals surface area (Å²) in [5.74, 6) is -0.285. The molecule has 5 heteroatoms. The second kappa shape index (κ2) is 7.82. The molecule has 2 aromatic carbocycles. The first-order valence-corrected chi connectivity index (χ1v) is 7.42. The molecule has 22 heavy (non-hydrogen) atoms. The lowest BCUT2D eigenvalue weighted by molar-refractivity contribution is 0.0919. The minimum atomic E-state index is -0.670. The molecule has 1 atom stereocenters. The van der Waals surface area contributed by atoms with Gasteiger partial charge in [-0.25, -0.2) is 0 Å². The summed E-state index contributed by atoms with van der Waals surface area (Å²) in [6.45, 7) is 0.591. The van der Waals surface area contributed by atoms with Gasteiger partial charge in [0.05, 0.1) is 16.7 Å². The van der Waals surface area contributed by atoms with Crippen molar-refractivity contribution < 1.29 is 9.90 Å². The van der Waals surface area contributed by atoms with Crippen molar-refractivity contribution in [3.05, 3.63) is 65.2 Å². The summed E-state index contributed by atoms with van der Waals surface area (Å²) in [5.41, 5.74) is 1.42. The molecule has 0 unspecified atom stereocenters. The maximum atomic E-state index is 12.0. The molecule has 116 valence electrons. The molecule has 1 amide bonds. The van der Waals surface area contributed by atoms with Crippen LogP contribution >= 0.6 is 11.6 Å². The Labute approximate surface area is 135 Å². The van der Waals surface area contributed by atoms with Gasteiger partial charge in [0.15, 0.2) is 0 Å². The molecule has 0 aliphatic rings. The Morgan fingerprint density at radius 1 is 1.18 bits per heavy atom. The van der Waals surface area contributed by atoms with E-state index in [0.29, 0.717) is 17.1 Å². The van der Waals surface area contributed by atoms with Gasteiger partial charge in [-0.3, -0.25) is 4.79 Å². The number of halogens is 1. The van der Waals surface area contributed by atoms with Crippen molar-refractivity contribution in [2.75, 3.05) is 25.0 Å². The normalized spacial score (nSPS) is 11.8. The average molecular weight is 319 g/mol. The summed E-state index contributed by atoms with van der Waals surface area (Å²) in [4.78, 5) is 13.9. The Balaban J connectivity index is 1.84. The number of aliphatic hydroxyl groups is 1. The van der Waals surface area contributed by atoms with Crippen molar-refractivity contribution in [2.24, 2.45) is 0 Å². The maximum Gasteiger partial charge on any atom is 0.252 e. The van der Waals surface area contributed by atoms with E-state index in [-0.39, 0.29) is 12.5 Å². The number of hydrogen-bond acceptors (Lipinski definition) is 3. The van der Waals surface area contributed by atoms with Crippen molar-refractivity contribution in [2.45, 2.75) is 6.10 Å². The second-order valence-electron chi connectivity index (χ2n) is 5.06. The number of carbonyl (C=O) groups is 1. The molecule has 0 aromatic heterocycles. The number of carbonyl (C=O) groups excluding carboxylic acids is 1. The van der Waals surface area contributed by atoms with Gasteiger partial charge in [-0.2, -0.15) is 0 Å². The van der Waals surface area contributed by atoms with Gasteiger partial charge in [-0.15, -0.1) is 0 Å². The van der Waals surface area contributed by atoms with Gasteiger partial charge in [0.2, 0.25) is 0 Å². The molecule has 0 fully saturated rings. The first-order chi connectivity index (χ1) is 10.6. The maximum absolute atomic E-state index is 12.0. The molecular formula is C17H19ClN2O2. The summed E-state index contributed by atoms with van der Waals surface area (Å²) in [6, 6.07) is 16.6. The Morgan fingerprint density at radius 2 is 1.82 bits per heavy atom. The molecule has 0 spiro atoms. The van der Waals surface area contributed by atoms with E-state index in [9.17, 15) is 9.90 Å². The van der Waals surface area contributed by atoms with Gasteiger partial charge in [0, 0.05) is 25.8 Å². The van der Waals surface area contributed by atoms with Crippen LogP contribution in [0.1, 0.15) is 10.4 Å². The van der Waals surface area contributed by atoms with Crippen LogP contribution in [0.25, 0.3) is 0 Å². The number of benzene rings is 2. The lowest BCUT2D eigenvalue weighted by atomic mass is 10.2. The smallest absolute Gasteiger partial charge is 0.252 e. The summed E-state index contributed by atoms with van der Waals surface area (Å²) in [7, 11) is 1.90. The van der Waals surface area contributed by atoms with Gasteiger partial charge in [0.25, 0.3) is 5.91 Å². The molecule has 2 rings (SSSR count). The third-order valence-electron chi connectivity index (χ3n) is 3.30. The van der Waals surface area contributed by atoms with Crippen molar-refractivity contribution in [1.82, 2.24) is 5.32 Å². The van der Waals surface area contributed by atoms with Crippen LogP contribution in [-0.2, 0) is 0 Å². The predicted molar refractivity (Wildman–Crippen MR) is 89.5 cm³/mol. The largest absolute Gasteiger partial charge is 0.389 e. The van der Waals surface area contributed by atoms with Crippen LogP contribution in [-0.4, -0.2) is 37.3 Å². The van der Waals surface area contributed by atoms with Gasteiger partial charge in [-0.05, 0) is 24.3 Å². The fourth-order valence-corrected chi connectivity index (χ4v) is 2.34. The summed E-state index contributed by atoms with van der Waals surface area (Å²) >= 11 is 5.97. The number of rotatable bonds is 6. The van der Waals surface area contributed by atoms with Gasteiger partial charge < -0.3 is 15.3 Å². The summed E-state index contributed by atoms with van der Waals surface area (Å²) in [6.07, 6.45) is -0.670. The van der Waals surface area contributed by atoms with Crippen LogP contribution < -0.4 is 10.2 Å². The number of nitrogens with one attached hydrogen (secondary N) is 1. The lowest BCUT2D eigenvalue weighted by Crippen LogP contribution is -2.39. The zero-order chi connectivity index (χ0) is 15.9. The SMILES string of the molecule is CN(C[C@@H](O)CNC(=O)c1ccccc1Cl)c1ccccc1. The highest BCUT2D eigenvalue weighted by Crippen LogP contribution is 2.14. The van der Waals surface area contributed by atoms with Crippen molar-refractivity contribution in [3.63, 3.8) is 0 Å². The van der Waals surface area contributed by atoms with Crippen LogP contribution in [0.3, 0.4) is 0 Å². The molecule has 0 radical (unpaired) electrons. The number of nitrogens with zero attached hydrogens (tertiary/aromatic N) is 1. The molecule has 0 bridgehead atoms. The quantitative estimate of drug-likeness (QED) is 0.860. The number of amides is 1. The molecule has 0 aliphatic carbocycles. The zero-order valence-corrected chi connectivity index (χ0v) is 13.1. The average Bonchev–Trinajstić information content (AvgIpc) is 2.54. The number of anilines is 1. The Morgan fingerprint density at radius 3 is 2.50 bits per heavy atom. The first kappa shape index (κ1) is 16.3. The van der Waals surface area contributed by atoms with Crippen LogP contribution in [0.2, 0.25) is 5.02 Å². The molecular weight excluding hydrogens is 300 g/mol. The Hall–Kier alpha value is -2.04. The Bertz CT molecular complexity index is 619. The Kier molecular flexibility index (Phi) is 5.81. The monoisotopic (exact) mass is 318 g/mol. The van der Waals surface area contributed by atoms with E-state index in [0.717, 1.165) is 5.69 Å². The molecule has 0 heterocycles. The third-order valence-corrected chi connectivity index (χ3v) is 3.63. The van der Waals surface area contributed by atoms with E-state index in [1.54, 1.807) is 24.3 Å². The van der Waals surface area contributed by atoms with Gasteiger partial charge >= 0.3 is 0 Å². The minimum absolute atomic E-state index is 0.168. The molecule has 0 saturated carbocycles. The molecule has 4 nitrogen and oxygen atoms in total. The van der Waals surface area contributed by atoms with Crippen LogP contribution in [0.15, 0.2) is 54.6 Å². The minimum Gasteiger partial charge on any atom is -0.389 e. The summed E-state index contributed by atoms with van der Waals surface area (Å²) < 4.78 is 0. The predicted octanol–water partition coefficient (Wildman–Crippen LogP) is 2.57. The number of hydrogen-bond donors (Lipinski definition) is 2. The second-order valence-corrected chi connectivity index (χ2v) is 5.47. The van der Waals surface area contributed by atoms with Crippen molar-refractivity contribution in [3.8, 4) is 0 Å². The highest BCUT2D eigenvalue weighted by atomic mass is 35.5. The van der Waals surface area contributed by atoms with Crippen LogP contribution in [0.5, 0.6) is 0 Å². The van der Waals surface area contributed by atoms with E-state index in [4.69, 9.17) is 11.6 Å². The van der Waals surface area contributed by atoms with Crippen molar-refractivity contribution >= 4 is 23.2 Å². The number of likely N-dealkylation sites (N-methyl/N-ethyl adjacent to an activating group) is 1. The zero-order valence-electron chi connectivity index (χ0n) is 12.4.